The highest BCUT2D eigenvalue weighted by atomic mass is 16.5. The Morgan fingerprint density at radius 1 is 0.763 bits per heavy atom. The van der Waals surface area contributed by atoms with Crippen molar-refractivity contribution in [2.75, 3.05) is 77.9 Å². The molecular formula is C47H71N7O5. The molecule has 1 N–H and O–H groups in total. The van der Waals surface area contributed by atoms with E-state index in [1.165, 1.54) is 5.69 Å². The number of piperazine rings is 1. The summed E-state index contributed by atoms with van der Waals surface area (Å²) in [6.45, 7) is 17.0. The van der Waals surface area contributed by atoms with Gasteiger partial charge in [0.1, 0.15) is 18.2 Å². The van der Waals surface area contributed by atoms with Crippen molar-refractivity contribution in [3.63, 3.8) is 0 Å². The van der Waals surface area contributed by atoms with Gasteiger partial charge in [-0.1, -0.05) is 89.6 Å². The number of likely N-dealkylation sites (tertiary alicyclic amines) is 3. The van der Waals surface area contributed by atoms with E-state index in [0.29, 0.717) is 32.5 Å². The smallest absolute Gasteiger partial charge is 0.329 e. The van der Waals surface area contributed by atoms with Gasteiger partial charge in [0.25, 0.3) is 0 Å². The number of benzene rings is 2. The largest absolute Gasteiger partial charge is 0.455 e. The van der Waals surface area contributed by atoms with Gasteiger partial charge in [-0.15, -0.1) is 0 Å². The lowest BCUT2D eigenvalue weighted by Crippen LogP contribution is -2.61. The average Bonchev–Trinajstić information content (AvgIpc) is 3.92. The SMILES string of the molecule is CC(C)[C@@H](CN1CCC[C@H]1C(=O)N1CCC[C@H]1C(=O)OC(CN1CCN(c2ccccc2)CC1)c1ccccc1)N(C)C(=O)[C@@H](NC(=O)C1CCCCN1C)C(C)(C)C. The summed E-state index contributed by atoms with van der Waals surface area (Å²) in [5, 5.41) is 3.16. The minimum absolute atomic E-state index is 0.0248. The highest BCUT2D eigenvalue weighted by Gasteiger charge is 2.44. The van der Waals surface area contributed by atoms with Gasteiger partial charge in [0.2, 0.25) is 17.7 Å². The molecule has 0 spiro atoms. The molecule has 6 atom stereocenters. The summed E-state index contributed by atoms with van der Waals surface area (Å²) in [7, 11) is 3.83. The fourth-order valence-corrected chi connectivity index (χ4v) is 9.63. The maximum atomic E-state index is 14.5. The van der Waals surface area contributed by atoms with Crippen LogP contribution in [0.1, 0.15) is 91.2 Å². The van der Waals surface area contributed by atoms with Crippen LogP contribution in [-0.2, 0) is 23.9 Å². The first-order valence-corrected chi connectivity index (χ1v) is 22.3. The van der Waals surface area contributed by atoms with Crippen molar-refractivity contribution in [2.45, 2.75) is 116 Å². The third kappa shape index (κ3) is 11.0. The fraction of sp³-hybridized carbons (Fsp3) is 0.660. The lowest BCUT2D eigenvalue weighted by Gasteiger charge is -2.41. The number of amides is 3. The number of anilines is 1. The summed E-state index contributed by atoms with van der Waals surface area (Å²) >= 11 is 0. The average molecular weight is 814 g/mol. The minimum atomic E-state index is -0.692. The number of para-hydroxylation sites is 1. The molecule has 0 aliphatic carbocycles. The van der Waals surface area contributed by atoms with E-state index in [2.05, 4.69) is 63.0 Å². The van der Waals surface area contributed by atoms with Crippen molar-refractivity contribution < 1.29 is 23.9 Å². The van der Waals surface area contributed by atoms with E-state index in [9.17, 15) is 19.2 Å². The van der Waals surface area contributed by atoms with Crippen molar-refractivity contribution in [1.82, 2.24) is 29.8 Å². The summed E-state index contributed by atoms with van der Waals surface area (Å²) in [6.07, 6.45) is 5.32. The van der Waals surface area contributed by atoms with E-state index in [4.69, 9.17) is 4.74 Å². The molecule has 4 fully saturated rings. The number of carbonyl (C=O) groups is 4. The molecule has 0 radical (unpaired) electrons. The molecule has 4 saturated heterocycles. The van der Waals surface area contributed by atoms with Crippen LogP contribution in [0.5, 0.6) is 0 Å². The Morgan fingerprint density at radius 2 is 1.39 bits per heavy atom. The lowest BCUT2D eigenvalue weighted by atomic mass is 9.84. The van der Waals surface area contributed by atoms with Crippen LogP contribution in [0.2, 0.25) is 0 Å². The quantitative estimate of drug-likeness (QED) is 0.263. The van der Waals surface area contributed by atoms with E-state index < -0.39 is 23.6 Å². The Balaban J connectivity index is 1.10. The maximum absolute atomic E-state index is 14.5. The Labute approximate surface area is 353 Å². The van der Waals surface area contributed by atoms with Crippen LogP contribution < -0.4 is 10.2 Å². The molecule has 59 heavy (non-hydrogen) atoms. The third-order valence-corrected chi connectivity index (χ3v) is 13.3. The molecule has 3 amide bonds. The monoisotopic (exact) mass is 814 g/mol. The lowest BCUT2D eigenvalue weighted by molar-refractivity contribution is -0.160. The molecule has 0 saturated carbocycles. The number of nitrogens with one attached hydrogen (secondary N) is 1. The van der Waals surface area contributed by atoms with Crippen molar-refractivity contribution in [2.24, 2.45) is 11.3 Å². The second-order valence-corrected chi connectivity index (χ2v) is 18.9. The van der Waals surface area contributed by atoms with Gasteiger partial charge in [0.15, 0.2) is 0 Å². The van der Waals surface area contributed by atoms with Gasteiger partial charge in [0, 0.05) is 64.6 Å². The normalized spacial score (nSPS) is 23.8. The highest BCUT2D eigenvalue weighted by molar-refractivity contribution is 5.91. The minimum Gasteiger partial charge on any atom is -0.455 e. The van der Waals surface area contributed by atoms with Crippen LogP contribution in [0.15, 0.2) is 60.7 Å². The van der Waals surface area contributed by atoms with E-state index >= 15 is 0 Å². The van der Waals surface area contributed by atoms with Crippen LogP contribution in [0.4, 0.5) is 5.69 Å². The summed E-state index contributed by atoms with van der Waals surface area (Å²) < 4.78 is 6.40. The number of esters is 1. The maximum Gasteiger partial charge on any atom is 0.329 e. The molecular weight excluding hydrogens is 743 g/mol. The Hall–Kier alpha value is -4.00. The fourth-order valence-electron chi connectivity index (χ4n) is 9.63. The number of nitrogens with zero attached hydrogens (tertiary/aromatic N) is 6. The van der Waals surface area contributed by atoms with Crippen LogP contribution in [0.25, 0.3) is 0 Å². The summed E-state index contributed by atoms with van der Waals surface area (Å²) in [4.78, 5) is 69.3. The van der Waals surface area contributed by atoms with E-state index in [0.717, 1.165) is 76.9 Å². The second-order valence-electron chi connectivity index (χ2n) is 18.9. The first-order chi connectivity index (χ1) is 28.2. The number of hydrogen-bond acceptors (Lipinski definition) is 9. The van der Waals surface area contributed by atoms with Gasteiger partial charge in [0.05, 0.1) is 12.1 Å². The molecule has 0 bridgehead atoms. The Kier molecular flexibility index (Phi) is 15.1. The number of likely N-dealkylation sites (N-methyl/N-ethyl adjacent to an activating group) is 2. The number of hydrogen-bond donors (Lipinski definition) is 1. The zero-order valence-electron chi connectivity index (χ0n) is 36.9. The number of rotatable bonds is 14. The molecule has 12 nitrogen and oxygen atoms in total. The molecule has 2 unspecified atom stereocenters. The highest BCUT2D eigenvalue weighted by Crippen LogP contribution is 2.30. The van der Waals surface area contributed by atoms with E-state index in [1.54, 1.807) is 4.90 Å². The molecule has 4 heterocycles. The van der Waals surface area contributed by atoms with Crippen LogP contribution >= 0.6 is 0 Å². The van der Waals surface area contributed by atoms with Gasteiger partial charge in [-0.05, 0) is 87.7 Å². The first kappa shape index (κ1) is 44.5. The van der Waals surface area contributed by atoms with Crippen LogP contribution in [0.3, 0.4) is 0 Å². The Bertz CT molecular complexity index is 1700. The van der Waals surface area contributed by atoms with Crippen LogP contribution in [-0.4, -0.2) is 151 Å². The summed E-state index contributed by atoms with van der Waals surface area (Å²) in [6, 6.07) is 18.3. The molecule has 324 valence electrons. The molecule has 4 aliphatic rings. The first-order valence-electron chi connectivity index (χ1n) is 22.3. The standard InChI is InChI=1S/C47H71N7O5/c1-34(2)40(50(7)45(57)42(47(3,4)5)48-43(55)37-22-14-15-25-49(37)6)32-53-26-16-23-38(53)44(56)54-27-17-24-39(54)46(58)59-41(35-18-10-8-11-19-35)33-51-28-30-52(31-29-51)36-20-12-9-13-21-36/h8-13,18-21,34,37-42H,14-17,22-33H2,1-7H3,(H,48,55)/t37?,38-,39-,40+,41?,42+/m0/s1. The molecule has 0 aromatic heterocycles. The van der Waals surface area contributed by atoms with Crippen LogP contribution in [0, 0.1) is 11.3 Å². The summed E-state index contributed by atoms with van der Waals surface area (Å²) in [5.74, 6) is -0.457. The molecule has 12 heteroatoms. The molecule has 2 aromatic carbocycles. The van der Waals surface area contributed by atoms with Gasteiger partial charge in [-0.25, -0.2) is 4.79 Å². The summed E-state index contributed by atoms with van der Waals surface area (Å²) in [5.41, 5.74) is 1.68. The predicted octanol–water partition coefficient (Wildman–Crippen LogP) is 5.05. The molecule has 6 rings (SSSR count). The zero-order chi connectivity index (χ0) is 42.3. The van der Waals surface area contributed by atoms with Crippen molar-refractivity contribution in [3.05, 3.63) is 66.2 Å². The second kappa shape index (κ2) is 20.0. The van der Waals surface area contributed by atoms with Gasteiger partial charge in [-0.2, -0.15) is 0 Å². The van der Waals surface area contributed by atoms with E-state index in [1.807, 2.05) is 76.2 Å². The topological polar surface area (TPSA) is 109 Å². The molecule has 2 aromatic rings. The third-order valence-electron chi connectivity index (χ3n) is 13.3. The van der Waals surface area contributed by atoms with E-state index in [-0.39, 0.29) is 47.7 Å². The zero-order valence-corrected chi connectivity index (χ0v) is 36.9. The number of piperidine rings is 1. The van der Waals surface area contributed by atoms with Crippen molar-refractivity contribution in [3.8, 4) is 0 Å². The molecule has 4 aliphatic heterocycles. The Morgan fingerprint density at radius 3 is 2.03 bits per heavy atom. The number of ether oxygens (including phenoxy) is 1. The van der Waals surface area contributed by atoms with Crippen molar-refractivity contribution >= 4 is 29.4 Å². The van der Waals surface area contributed by atoms with Gasteiger partial charge >= 0.3 is 5.97 Å². The van der Waals surface area contributed by atoms with Crippen molar-refractivity contribution in [1.29, 1.82) is 0 Å². The van der Waals surface area contributed by atoms with Gasteiger partial charge in [-0.3, -0.25) is 29.1 Å². The van der Waals surface area contributed by atoms with Gasteiger partial charge < -0.3 is 24.8 Å². The predicted molar refractivity (Wildman–Crippen MR) is 233 cm³/mol. The number of carbonyl (C=O) groups excluding carboxylic acids is 4.